The highest BCUT2D eigenvalue weighted by molar-refractivity contribution is 7.89. The van der Waals surface area contributed by atoms with Gasteiger partial charge in [0.2, 0.25) is 15.9 Å². The molecule has 0 aromatic heterocycles. The number of anilines is 1. The van der Waals surface area contributed by atoms with Gasteiger partial charge in [-0.3, -0.25) is 9.59 Å². The first-order valence-corrected chi connectivity index (χ1v) is 9.55. The Bertz CT molecular complexity index is 891. The summed E-state index contributed by atoms with van der Waals surface area (Å²) in [6.07, 6.45) is 0.675. The van der Waals surface area contributed by atoms with Gasteiger partial charge >= 0.3 is 0 Å². The number of nitrogens with two attached hydrogens (primary N) is 1. The monoisotopic (exact) mass is 375 g/mol. The van der Waals surface area contributed by atoms with Gasteiger partial charge in [0.15, 0.2) is 0 Å². The van der Waals surface area contributed by atoms with Crippen molar-refractivity contribution >= 4 is 27.5 Å². The van der Waals surface area contributed by atoms with Gasteiger partial charge in [-0.25, -0.2) is 13.1 Å². The summed E-state index contributed by atoms with van der Waals surface area (Å²) in [5, 5.41) is 2.67. The number of nitrogens with one attached hydrogen (secondary N) is 2. The van der Waals surface area contributed by atoms with Crippen LogP contribution in [-0.4, -0.2) is 26.3 Å². The Kier molecular flexibility index (Phi) is 6.12. The fourth-order valence-corrected chi connectivity index (χ4v) is 3.45. The van der Waals surface area contributed by atoms with E-state index in [4.69, 9.17) is 5.73 Å². The van der Waals surface area contributed by atoms with E-state index in [0.717, 1.165) is 0 Å². The second-order valence-electron chi connectivity index (χ2n) is 5.85. The first kappa shape index (κ1) is 19.6. The normalized spacial score (nSPS) is 12.4. The van der Waals surface area contributed by atoms with E-state index in [2.05, 4.69) is 10.0 Å². The minimum Gasteiger partial charge on any atom is -0.366 e. The van der Waals surface area contributed by atoms with Crippen LogP contribution in [-0.2, 0) is 10.0 Å². The third-order valence-corrected chi connectivity index (χ3v) is 5.43. The molecule has 7 nitrogen and oxygen atoms in total. The minimum absolute atomic E-state index is 0.0974. The maximum Gasteiger partial charge on any atom is 0.255 e. The number of primary amides is 1. The second kappa shape index (κ2) is 8.11. The number of sulfonamides is 1. The van der Waals surface area contributed by atoms with Gasteiger partial charge in [0, 0.05) is 22.9 Å². The summed E-state index contributed by atoms with van der Waals surface area (Å²) in [6, 6.07) is 11.6. The quantitative estimate of drug-likeness (QED) is 0.687. The number of benzene rings is 2. The topological polar surface area (TPSA) is 118 Å². The smallest absolute Gasteiger partial charge is 0.255 e. The number of rotatable bonds is 7. The molecule has 0 spiro atoms. The molecular formula is C18H21N3O4S. The highest BCUT2D eigenvalue weighted by atomic mass is 32.2. The van der Waals surface area contributed by atoms with Gasteiger partial charge < -0.3 is 11.1 Å². The third kappa shape index (κ3) is 4.90. The molecule has 0 unspecified atom stereocenters. The number of hydrogen-bond acceptors (Lipinski definition) is 4. The van der Waals surface area contributed by atoms with Gasteiger partial charge in [-0.1, -0.05) is 6.92 Å². The fraction of sp³-hybridized carbons (Fsp3) is 0.222. The van der Waals surface area contributed by atoms with Crippen molar-refractivity contribution in [2.45, 2.75) is 31.2 Å². The summed E-state index contributed by atoms with van der Waals surface area (Å²) in [4.78, 5) is 23.4. The van der Waals surface area contributed by atoms with Crippen LogP contribution in [0.2, 0.25) is 0 Å². The summed E-state index contributed by atoms with van der Waals surface area (Å²) in [6.45, 7) is 3.67. The van der Waals surface area contributed by atoms with Crippen LogP contribution >= 0.6 is 0 Å². The van der Waals surface area contributed by atoms with E-state index in [9.17, 15) is 18.0 Å². The molecular weight excluding hydrogens is 354 g/mol. The Labute approximate surface area is 152 Å². The Balaban J connectivity index is 2.10. The van der Waals surface area contributed by atoms with Crippen LogP contribution in [0.4, 0.5) is 5.69 Å². The van der Waals surface area contributed by atoms with Crippen molar-refractivity contribution in [1.82, 2.24) is 4.72 Å². The van der Waals surface area contributed by atoms with E-state index in [1.165, 1.54) is 36.4 Å². The first-order chi connectivity index (χ1) is 12.2. The van der Waals surface area contributed by atoms with Gasteiger partial charge in [0.1, 0.15) is 0 Å². The number of carbonyl (C=O) groups excluding carboxylic acids is 2. The van der Waals surface area contributed by atoms with Crippen molar-refractivity contribution in [1.29, 1.82) is 0 Å². The lowest BCUT2D eigenvalue weighted by Crippen LogP contribution is -2.32. The predicted octanol–water partition coefficient (Wildman–Crippen LogP) is 2.11. The van der Waals surface area contributed by atoms with Crippen molar-refractivity contribution < 1.29 is 18.0 Å². The summed E-state index contributed by atoms with van der Waals surface area (Å²) < 4.78 is 27.0. The molecule has 0 saturated carbocycles. The molecule has 2 aromatic rings. The number of hydrogen-bond donors (Lipinski definition) is 3. The molecule has 0 heterocycles. The average Bonchev–Trinajstić information content (AvgIpc) is 2.61. The standard InChI is InChI=1S/C18H21N3O4S/c1-3-12(2)21-26(24,25)16-10-6-14(7-11-16)18(23)20-15-8-4-13(5-9-15)17(19)22/h4-12,21H,3H2,1-2H3,(H2,19,22)(H,20,23)/t12-/m1/s1. The van der Waals surface area contributed by atoms with Crippen LogP contribution in [0.5, 0.6) is 0 Å². The third-order valence-electron chi connectivity index (χ3n) is 3.82. The Morgan fingerprint density at radius 2 is 1.54 bits per heavy atom. The van der Waals surface area contributed by atoms with E-state index in [1.54, 1.807) is 19.1 Å². The predicted molar refractivity (Wildman–Crippen MR) is 99.4 cm³/mol. The zero-order valence-corrected chi connectivity index (χ0v) is 15.3. The van der Waals surface area contributed by atoms with E-state index in [-0.39, 0.29) is 10.9 Å². The van der Waals surface area contributed by atoms with Crippen LogP contribution in [0.25, 0.3) is 0 Å². The Morgan fingerprint density at radius 1 is 1.00 bits per heavy atom. The highest BCUT2D eigenvalue weighted by Gasteiger charge is 2.17. The van der Waals surface area contributed by atoms with Gasteiger partial charge in [-0.2, -0.15) is 0 Å². The van der Waals surface area contributed by atoms with Crippen molar-refractivity contribution in [2.24, 2.45) is 5.73 Å². The first-order valence-electron chi connectivity index (χ1n) is 8.06. The van der Waals surface area contributed by atoms with E-state index in [1.807, 2.05) is 6.92 Å². The lowest BCUT2D eigenvalue weighted by Gasteiger charge is -2.12. The van der Waals surface area contributed by atoms with Crippen LogP contribution in [0.3, 0.4) is 0 Å². The van der Waals surface area contributed by atoms with E-state index >= 15 is 0 Å². The Hall–Kier alpha value is -2.71. The lowest BCUT2D eigenvalue weighted by molar-refractivity contribution is 0.0998. The molecule has 1 atom stereocenters. The minimum atomic E-state index is -3.61. The molecule has 0 radical (unpaired) electrons. The molecule has 26 heavy (non-hydrogen) atoms. The zero-order valence-electron chi connectivity index (χ0n) is 14.5. The molecule has 138 valence electrons. The molecule has 0 aliphatic heterocycles. The molecule has 0 saturated heterocycles. The van der Waals surface area contributed by atoms with Gasteiger partial charge in [0.05, 0.1) is 4.90 Å². The van der Waals surface area contributed by atoms with Gasteiger partial charge in [-0.15, -0.1) is 0 Å². The van der Waals surface area contributed by atoms with Gasteiger partial charge in [-0.05, 0) is 61.9 Å². The van der Waals surface area contributed by atoms with Crippen LogP contribution in [0.15, 0.2) is 53.4 Å². The summed E-state index contributed by atoms with van der Waals surface area (Å²) >= 11 is 0. The van der Waals surface area contributed by atoms with Crippen molar-refractivity contribution in [3.63, 3.8) is 0 Å². The second-order valence-corrected chi connectivity index (χ2v) is 7.56. The van der Waals surface area contributed by atoms with E-state index in [0.29, 0.717) is 23.2 Å². The summed E-state index contributed by atoms with van der Waals surface area (Å²) in [5.74, 6) is -0.943. The summed E-state index contributed by atoms with van der Waals surface area (Å²) in [7, 11) is -3.61. The van der Waals surface area contributed by atoms with Crippen molar-refractivity contribution in [2.75, 3.05) is 5.32 Å². The molecule has 8 heteroatoms. The molecule has 2 aromatic carbocycles. The lowest BCUT2D eigenvalue weighted by atomic mass is 10.2. The number of amides is 2. The molecule has 4 N–H and O–H groups in total. The maximum absolute atomic E-state index is 12.3. The van der Waals surface area contributed by atoms with Crippen molar-refractivity contribution in [3.8, 4) is 0 Å². The SMILES string of the molecule is CC[C@@H](C)NS(=O)(=O)c1ccc(C(=O)Nc2ccc(C(N)=O)cc2)cc1. The van der Waals surface area contributed by atoms with Crippen molar-refractivity contribution in [3.05, 3.63) is 59.7 Å². The van der Waals surface area contributed by atoms with E-state index < -0.39 is 21.8 Å². The molecule has 0 fully saturated rings. The fourth-order valence-electron chi connectivity index (χ4n) is 2.12. The van der Waals surface area contributed by atoms with Crippen LogP contribution in [0, 0.1) is 0 Å². The maximum atomic E-state index is 12.3. The molecule has 0 aliphatic rings. The molecule has 2 amide bonds. The molecule has 0 bridgehead atoms. The largest absolute Gasteiger partial charge is 0.366 e. The average molecular weight is 375 g/mol. The number of carbonyl (C=O) groups is 2. The highest BCUT2D eigenvalue weighted by Crippen LogP contribution is 2.14. The zero-order chi connectivity index (χ0) is 19.3. The molecule has 0 aliphatic carbocycles. The molecule has 2 rings (SSSR count). The van der Waals surface area contributed by atoms with Crippen LogP contribution in [0.1, 0.15) is 41.0 Å². The Morgan fingerprint density at radius 3 is 2.04 bits per heavy atom. The van der Waals surface area contributed by atoms with Crippen LogP contribution < -0.4 is 15.8 Å². The van der Waals surface area contributed by atoms with Gasteiger partial charge in [0.25, 0.3) is 5.91 Å². The summed E-state index contributed by atoms with van der Waals surface area (Å²) in [5.41, 5.74) is 6.31.